The molecule has 6 nitrogen and oxygen atoms in total. The van der Waals surface area contributed by atoms with Gasteiger partial charge in [0.1, 0.15) is 12.2 Å². The van der Waals surface area contributed by atoms with E-state index in [1.54, 1.807) is 29.2 Å². The molecule has 1 saturated heterocycles. The highest BCUT2D eigenvalue weighted by Crippen LogP contribution is 2.16. The summed E-state index contributed by atoms with van der Waals surface area (Å²) in [6.07, 6.45) is 1.39. The molecule has 2 aromatic rings. The first-order chi connectivity index (χ1) is 11.6. The first-order valence-electron chi connectivity index (χ1n) is 7.44. The zero-order valence-corrected chi connectivity index (χ0v) is 13.5. The molecule has 0 radical (unpaired) electrons. The number of likely N-dealkylation sites (tertiary alicyclic amines) is 1. The third-order valence-corrected chi connectivity index (χ3v) is 3.90. The van der Waals surface area contributed by atoms with Gasteiger partial charge in [0.25, 0.3) is 0 Å². The van der Waals surface area contributed by atoms with Crippen LogP contribution >= 0.6 is 11.6 Å². The average Bonchev–Trinajstić information content (AvgIpc) is 2.57. The fraction of sp³-hybridized carbons (Fsp3) is 0.235. The number of aromatic nitrogens is 1. The fourth-order valence-electron chi connectivity index (χ4n) is 2.26. The molecule has 1 aromatic heterocycles. The van der Waals surface area contributed by atoms with Crippen molar-refractivity contribution in [2.24, 2.45) is 0 Å². The number of nitrogens with one attached hydrogen (secondary N) is 1. The normalized spacial score (nSPS) is 13.8. The number of rotatable bonds is 4. The van der Waals surface area contributed by atoms with Crippen molar-refractivity contribution >= 4 is 17.6 Å². The van der Waals surface area contributed by atoms with E-state index in [0.29, 0.717) is 36.1 Å². The molecule has 0 atom stereocenters. The number of carbonyl (C=O) groups is 1. The highest BCUT2D eigenvalue weighted by Gasteiger charge is 2.32. The summed E-state index contributed by atoms with van der Waals surface area (Å²) in [5.41, 5.74) is 1.47. The molecule has 2 amide bonds. The third-order valence-electron chi connectivity index (χ3n) is 3.65. The van der Waals surface area contributed by atoms with Gasteiger partial charge in [0.15, 0.2) is 0 Å². The summed E-state index contributed by atoms with van der Waals surface area (Å²) in [5, 5.41) is 12.2. The second-order valence-corrected chi connectivity index (χ2v) is 5.86. The molecule has 1 aliphatic heterocycles. The predicted molar refractivity (Wildman–Crippen MR) is 88.6 cm³/mol. The van der Waals surface area contributed by atoms with Gasteiger partial charge in [0.05, 0.1) is 18.7 Å². The number of nitriles is 1. The highest BCUT2D eigenvalue weighted by atomic mass is 35.5. The second kappa shape index (κ2) is 7.20. The van der Waals surface area contributed by atoms with Crippen LogP contribution < -0.4 is 10.1 Å². The lowest BCUT2D eigenvalue weighted by molar-refractivity contribution is 0.0413. The maximum Gasteiger partial charge on any atom is 0.317 e. The van der Waals surface area contributed by atoms with E-state index in [2.05, 4.69) is 10.3 Å². The molecule has 3 rings (SSSR count). The Balaban J connectivity index is 1.41. The lowest BCUT2D eigenvalue weighted by Gasteiger charge is -2.38. The number of hydrogen-bond acceptors (Lipinski definition) is 4. The molecular weight excluding hydrogens is 328 g/mol. The van der Waals surface area contributed by atoms with Crippen LogP contribution in [0.4, 0.5) is 4.79 Å². The largest absolute Gasteiger partial charge is 0.471 e. The van der Waals surface area contributed by atoms with Crippen molar-refractivity contribution in [2.75, 3.05) is 13.1 Å². The summed E-state index contributed by atoms with van der Waals surface area (Å²) in [5.74, 6) is 0.459. The monoisotopic (exact) mass is 342 g/mol. The second-order valence-electron chi connectivity index (χ2n) is 5.43. The van der Waals surface area contributed by atoms with Crippen molar-refractivity contribution in [2.45, 2.75) is 12.6 Å². The topological polar surface area (TPSA) is 78.2 Å². The Kier molecular flexibility index (Phi) is 4.82. The zero-order valence-electron chi connectivity index (χ0n) is 12.8. The summed E-state index contributed by atoms with van der Waals surface area (Å²) in [6.45, 7) is 1.47. The van der Waals surface area contributed by atoms with Crippen LogP contribution in [0.25, 0.3) is 0 Å². The third kappa shape index (κ3) is 3.94. The first-order valence-corrected chi connectivity index (χ1v) is 7.82. The van der Waals surface area contributed by atoms with Gasteiger partial charge in [-0.1, -0.05) is 23.7 Å². The van der Waals surface area contributed by atoms with Crippen LogP contribution in [0, 0.1) is 11.3 Å². The number of halogens is 1. The van der Waals surface area contributed by atoms with Gasteiger partial charge in [-0.25, -0.2) is 9.78 Å². The maximum atomic E-state index is 12.0. The van der Waals surface area contributed by atoms with Crippen molar-refractivity contribution in [3.05, 3.63) is 58.7 Å². The van der Waals surface area contributed by atoms with Crippen LogP contribution in [-0.4, -0.2) is 35.1 Å². The number of hydrogen-bond donors (Lipinski definition) is 1. The zero-order chi connectivity index (χ0) is 16.9. The Labute approximate surface area is 144 Å². The standard InChI is InChI=1S/C17H15ClN4O2/c18-14-4-1-12(2-5-14)8-21-17(23)22-10-15(11-22)24-16-6-3-13(7-19)9-20-16/h1-6,9,15H,8,10-11H2,(H,21,23). The minimum atomic E-state index is -0.127. The van der Waals surface area contributed by atoms with E-state index in [4.69, 9.17) is 21.6 Å². The average molecular weight is 343 g/mol. The van der Waals surface area contributed by atoms with E-state index in [1.165, 1.54) is 6.20 Å². The number of ether oxygens (including phenoxy) is 1. The number of benzene rings is 1. The van der Waals surface area contributed by atoms with E-state index in [0.717, 1.165) is 5.56 Å². The Bertz CT molecular complexity index is 750. The molecule has 0 unspecified atom stereocenters. The Morgan fingerprint density at radius 1 is 1.33 bits per heavy atom. The molecule has 7 heteroatoms. The van der Waals surface area contributed by atoms with E-state index < -0.39 is 0 Å². The van der Waals surface area contributed by atoms with Gasteiger partial charge in [0.2, 0.25) is 5.88 Å². The summed E-state index contributed by atoms with van der Waals surface area (Å²) >= 11 is 5.83. The molecule has 1 aliphatic rings. The van der Waals surface area contributed by atoms with Crippen LogP contribution in [0.2, 0.25) is 5.02 Å². The number of urea groups is 1. The first kappa shape index (κ1) is 16.1. The van der Waals surface area contributed by atoms with Gasteiger partial charge in [-0.3, -0.25) is 0 Å². The molecule has 1 N–H and O–H groups in total. The Morgan fingerprint density at radius 2 is 2.08 bits per heavy atom. The van der Waals surface area contributed by atoms with Gasteiger partial charge >= 0.3 is 6.03 Å². The van der Waals surface area contributed by atoms with Crippen LogP contribution in [0.3, 0.4) is 0 Å². The molecule has 0 bridgehead atoms. The van der Waals surface area contributed by atoms with Crippen LogP contribution in [0.1, 0.15) is 11.1 Å². The van der Waals surface area contributed by atoms with E-state index >= 15 is 0 Å². The molecule has 1 aromatic carbocycles. The maximum absolute atomic E-state index is 12.0. The van der Waals surface area contributed by atoms with Crippen molar-refractivity contribution in [3.63, 3.8) is 0 Å². The molecule has 0 aliphatic carbocycles. The summed E-state index contributed by atoms with van der Waals surface area (Å²) in [6, 6.07) is 12.5. The van der Waals surface area contributed by atoms with Gasteiger partial charge in [-0.05, 0) is 23.8 Å². The number of nitrogens with zero attached hydrogens (tertiary/aromatic N) is 3. The number of pyridine rings is 1. The van der Waals surface area contributed by atoms with E-state index in [9.17, 15) is 4.79 Å². The molecule has 122 valence electrons. The SMILES string of the molecule is N#Cc1ccc(OC2CN(C(=O)NCc3ccc(Cl)cc3)C2)nc1. The molecule has 1 fully saturated rings. The van der Waals surface area contributed by atoms with E-state index in [-0.39, 0.29) is 12.1 Å². The quantitative estimate of drug-likeness (QED) is 0.926. The highest BCUT2D eigenvalue weighted by molar-refractivity contribution is 6.30. The Morgan fingerprint density at radius 3 is 2.71 bits per heavy atom. The minimum Gasteiger partial charge on any atom is -0.471 e. The fourth-order valence-corrected chi connectivity index (χ4v) is 2.38. The van der Waals surface area contributed by atoms with Crippen LogP contribution in [-0.2, 0) is 6.54 Å². The lowest BCUT2D eigenvalue weighted by Crippen LogP contribution is -2.58. The van der Waals surface area contributed by atoms with Gasteiger partial charge in [0, 0.05) is 23.8 Å². The van der Waals surface area contributed by atoms with Gasteiger partial charge < -0.3 is 15.0 Å². The summed E-state index contributed by atoms with van der Waals surface area (Å²) < 4.78 is 5.65. The number of amides is 2. The van der Waals surface area contributed by atoms with Crippen LogP contribution in [0.5, 0.6) is 5.88 Å². The minimum absolute atomic E-state index is 0.0771. The molecule has 2 heterocycles. The lowest BCUT2D eigenvalue weighted by atomic mass is 10.2. The van der Waals surface area contributed by atoms with Crippen molar-refractivity contribution in [1.82, 2.24) is 15.2 Å². The van der Waals surface area contributed by atoms with Gasteiger partial charge in [-0.2, -0.15) is 5.26 Å². The van der Waals surface area contributed by atoms with Crippen molar-refractivity contribution < 1.29 is 9.53 Å². The molecule has 0 spiro atoms. The van der Waals surface area contributed by atoms with E-state index in [1.807, 2.05) is 18.2 Å². The predicted octanol–water partition coefficient (Wildman–Crippen LogP) is 2.58. The van der Waals surface area contributed by atoms with Crippen molar-refractivity contribution in [1.29, 1.82) is 5.26 Å². The summed E-state index contributed by atoms with van der Waals surface area (Å²) in [7, 11) is 0. The Hall–Kier alpha value is -2.78. The molecule has 24 heavy (non-hydrogen) atoms. The molecule has 0 saturated carbocycles. The van der Waals surface area contributed by atoms with Crippen LogP contribution in [0.15, 0.2) is 42.6 Å². The molecular formula is C17H15ClN4O2. The van der Waals surface area contributed by atoms with Gasteiger partial charge in [-0.15, -0.1) is 0 Å². The summed E-state index contributed by atoms with van der Waals surface area (Å²) in [4.78, 5) is 17.7. The smallest absolute Gasteiger partial charge is 0.317 e. The number of carbonyl (C=O) groups excluding carboxylic acids is 1. The van der Waals surface area contributed by atoms with Crippen molar-refractivity contribution in [3.8, 4) is 11.9 Å².